The molecule has 3 rings (SSSR count). The fourth-order valence-electron chi connectivity index (χ4n) is 2.52. The lowest BCUT2D eigenvalue weighted by Crippen LogP contribution is -2.42. The van der Waals surface area contributed by atoms with E-state index in [9.17, 15) is 9.59 Å². The van der Waals surface area contributed by atoms with Gasteiger partial charge in [0, 0.05) is 12.1 Å². The number of methoxy groups -OCH3 is 1. The summed E-state index contributed by atoms with van der Waals surface area (Å²) in [5.41, 5.74) is 4.62. The molecule has 0 unspecified atom stereocenters. The Morgan fingerprint density at radius 3 is 2.65 bits per heavy atom. The molecule has 1 atom stereocenters. The first kappa shape index (κ1) is 18.0. The summed E-state index contributed by atoms with van der Waals surface area (Å²) in [6.45, 7) is -0.620. The Labute approximate surface area is 155 Å². The molecule has 0 saturated heterocycles. The minimum atomic E-state index is -0.611. The molecular formula is C18H17ClN2O5. The van der Waals surface area contributed by atoms with Crippen LogP contribution in [0.25, 0.3) is 5.70 Å². The molecule has 2 heterocycles. The number of furan rings is 1. The molecule has 0 fully saturated rings. The van der Waals surface area contributed by atoms with Crippen LogP contribution < -0.4 is 5.43 Å². The van der Waals surface area contributed by atoms with Gasteiger partial charge in [-0.15, -0.1) is 0 Å². The van der Waals surface area contributed by atoms with E-state index in [0.717, 1.165) is 11.3 Å². The molecule has 1 N–H and O–H groups in total. The van der Waals surface area contributed by atoms with Crippen molar-refractivity contribution in [1.82, 2.24) is 10.4 Å². The third-order valence-corrected chi connectivity index (χ3v) is 3.97. The minimum absolute atomic E-state index is 0.212. The summed E-state index contributed by atoms with van der Waals surface area (Å²) in [6, 6.07) is 10.2. The van der Waals surface area contributed by atoms with Gasteiger partial charge in [-0.2, -0.15) is 0 Å². The molecule has 0 aliphatic carbocycles. The molecule has 1 aliphatic heterocycles. The zero-order valence-corrected chi connectivity index (χ0v) is 14.7. The van der Waals surface area contributed by atoms with Gasteiger partial charge in [0.15, 0.2) is 6.61 Å². The van der Waals surface area contributed by atoms with Crippen molar-refractivity contribution in [1.29, 1.82) is 0 Å². The first-order chi connectivity index (χ1) is 12.6. The summed E-state index contributed by atoms with van der Waals surface area (Å²) in [5, 5.41) is 1.98. The van der Waals surface area contributed by atoms with Crippen LogP contribution in [0.15, 0.2) is 53.2 Å². The van der Waals surface area contributed by atoms with Crippen molar-refractivity contribution in [2.45, 2.75) is 6.04 Å². The van der Waals surface area contributed by atoms with Gasteiger partial charge in [0.2, 0.25) is 0 Å². The van der Waals surface area contributed by atoms with Crippen LogP contribution >= 0.6 is 11.6 Å². The lowest BCUT2D eigenvalue weighted by Gasteiger charge is -2.23. The predicted molar refractivity (Wildman–Crippen MR) is 93.7 cm³/mol. The van der Waals surface area contributed by atoms with Crippen LogP contribution in [-0.2, 0) is 19.1 Å². The highest BCUT2D eigenvalue weighted by atomic mass is 35.5. The Balaban J connectivity index is 1.77. The maximum Gasteiger partial charge on any atom is 0.332 e. The zero-order chi connectivity index (χ0) is 18.5. The van der Waals surface area contributed by atoms with E-state index in [1.165, 1.54) is 18.4 Å². The molecule has 0 saturated carbocycles. The molecule has 136 valence electrons. The summed E-state index contributed by atoms with van der Waals surface area (Å²) in [6.07, 6.45) is 3.39. The van der Waals surface area contributed by atoms with Gasteiger partial charge in [-0.05, 0) is 35.9 Å². The van der Waals surface area contributed by atoms with Crippen LogP contribution in [0.4, 0.5) is 0 Å². The average Bonchev–Trinajstić information content (AvgIpc) is 3.30. The number of rotatable bonds is 6. The van der Waals surface area contributed by atoms with Crippen molar-refractivity contribution in [3.63, 3.8) is 0 Å². The first-order valence-electron chi connectivity index (χ1n) is 7.83. The Morgan fingerprint density at radius 2 is 2.00 bits per heavy atom. The topological polar surface area (TPSA) is 81.0 Å². The smallest absolute Gasteiger partial charge is 0.332 e. The van der Waals surface area contributed by atoms with E-state index in [2.05, 4.69) is 10.2 Å². The SMILES string of the molecule is COCC(=O)OCC(=O)N1NC(c2ccc(Cl)cc2)=C[C@H]1c1ccco1. The number of hydrazine groups is 1. The third-order valence-electron chi connectivity index (χ3n) is 3.72. The van der Waals surface area contributed by atoms with Crippen LogP contribution in [0.1, 0.15) is 17.4 Å². The van der Waals surface area contributed by atoms with Crippen molar-refractivity contribution in [2.24, 2.45) is 0 Å². The van der Waals surface area contributed by atoms with Gasteiger partial charge in [-0.1, -0.05) is 23.7 Å². The average molecular weight is 377 g/mol. The number of esters is 1. The monoisotopic (exact) mass is 376 g/mol. The van der Waals surface area contributed by atoms with E-state index in [4.69, 9.17) is 20.8 Å². The van der Waals surface area contributed by atoms with Gasteiger partial charge in [-0.3, -0.25) is 10.2 Å². The summed E-state index contributed by atoms with van der Waals surface area (Å²) in [7, 11) is 1.38. The van der Waals surface area contributed by atoms with E-state index >= 15 is 0 Å². The second-order valence-electron chi connectivity index (χ2n) is 5.52. The number of amides is 1. The maximum absolute atomic E-state index is 12.5. The van der Waals surface area contributed by atoms with Gasteiger partial charge in [0.05, 0.1) is 12.0 Å². The summed E-state index contributed by atoms with van der Waals surface area (Å²) < 4.78 is 15.0. The van der Waals surface area contributed by atoms with Crippen molar-refractivity contribution in [3.8, 4) is 0 Å². The van der Waals surface area contributed by atoms with E-state index in [0.29, 0.717) is 10.8 Å². The maximum atomic E-state index is 12.5. The molecule has 0 spiro atoms. The van der Waals surface area contributed by atoms with Gasteiger partial charge in [0.25, 0.3) is 5.91 Å². The molecule has 7 nitrogen and oxygen atoms in total. The molecule has 1 aromatic carbocycles. The van der Waals surface area contributed by atoms with Crippen molar-refractivity contribution in [3.05, 3.63) is 65.1 Å². The van der Waals surface area contributed by atoms with Crippen molar-refractivity contribution in [2.75, 3.05) is 20.3 Å². The standard InChI is InChI=1S/C18H17ClN2O5/c1-24-11-18(23)26-10-17(22)21-15(16-3-2-8-25-16)9-14(20-21)12-4-6-13(19)7-5-12/h2-9,15,20H,10-11H2,1H3/t15-/m0/s1. The normalized spacial score (nSPS) is 16.2. The molecule has 1 amide bonds. The predicted octanol–water partition coefficient (Wildman–Crippen LogP) is 2.55. The second-order valence-corrected chi connectivity index (χ2v) is 5.95. The number of hydrogen-bond acceptors (Lipinski definition) is 6. The van der Waals surface area contributed by atoms with Crippen molar-refractivity contribution < 1.29 is 23.5 Å². The van der Waals surface area contributed by atoms with Gasteiger partial charge in [0.1, 0.15) is 18.4 Å². The van der Waals surface area contributed by atoms with E-state index in [-0.39, 0.29) is 6.61 Å². The zero-order valence-electron chi connectivity index (χ0n) is 14.0. The van der Waals surface area contributed by atoms with Gasteiger partial charge < -0.3 is 13.9 Å². The minimum Gasteiger partial charge on any atom is -0.467 e. The number of nitrogens with zero attached hydrogens (tertiary/aromatic N) is 1. The summed E-state index contributed by atoms with van der Waals surface area (Å²) in [4.78, 5) is 23.9. The molecule has 2 aromatic rings. The second kappa shape index (κ2) is 8.07. The highest BCUT2D eigenvalue weighted by Gasteiger charge is 2.32. The molecule has 26 heavy (non-hydrogen) atoms. The Morgan fingerprint density at radius 1 is 1.23 bits per heavy atom. The highest BCUT2D eigenvalue weighted by Crippen LogP contribution is 2.31. The Hall–Kier alpha value is -2.77. The molecule has 0 radical (unpaired) electrons. The first-order valence-corrected chi connectivity index (χ1v) is 8.20. The number of nitrogens with one attached hydrogen (secondary N) is 1. The molecule has 8 heteroatoms. The number of benzene rings is 1. The van der Waals surface area contributed by atoms with Crippen LogP contribution in [0.5, 0.6) is 0 Å². The Bertz CT molecular complexity index is 801. The number of ether oxygens (including phenoxy) is 2. The van der Waals surface area contributed by atoms with Crippen LogP contribution in [0, 0.1) is 0 Å². The van der Waals surface area contributed by atoms with Crippen LogP contribution in [0.2, 0.25) is 5.02 Å². The number of hydrogen-bond donors (Lipinski definition) is 1. The lowest BCUT2D eigenvalue weighted by molar-refractivity contribution is -0.156. The van der Waals surface area contributed by atoms with E-state index in [1.807, 2.05) is 18.2 Å². The van der Waals surface area contributed by atoms with Crippen LogP contribution in [-0.4, -0.2) is 37.2 Å². The highest BCUT2D eigenvalue weighted by molar-refractivity contribution is 6.30. The number of carbonyl (C=O) groups is 2. The van der Waals surface area contributed by atoms with E-state index < -0.39 is 24.5 Å². The quantitative estimate of drug-likeness (QED) is 0.780. The fourth-order valence-corrected chi connectivity index (χ4v) is 2.64. The number of halogens is 1. The third kappa shape index (κ3) is 4.07. The molecule has 1 aliphatic rings. The Kier molecular flexibility index (Phi) is 5.60. The lowest BCUT2D eigenvalue weighted by atomic mass is 10.1. The largest absolute Gasteiger partial charge is 0.467 e. The van der Waals surface area contributed by atoms with Crippen molar-refractivity contribution >= 4 is 29.2 Å². The van der Waals surface area contributed by atoms with Gasteiger partial charge in [-0.25, -0.2) is 9.80 Å². The molecular weight excluding hydrogens is 360 g/mol. The summed E-state index contributed by atoms with van der Waals surface area (Å²) >= 11 is 5.93. The van der Waals surface area contributed by atoms with Gasteiger partial charge >= 0.3 is 5.97 Å². The van der Waals surface area contributed by atoms with E-state index in [1.54, 1.807) is 24.3 Å². The molecule has 1 aromatic heterocycles. The molecule has 0 bridgehead atoms. The number of carbonyl (C=O) groups excluding carboxylic acids is 2. The summed E-state index contributed by atoms with van der Waals surface area (Å²) in [5.74, 6) is -0.449. The van der Waals surface area contributed by atoms with Crippen LogP contribution in [0.3, 0.4) is 0 Å². The fraction of sp³-hybridized carbons (Fsp3) is 0.222.